The number of hydrogen-bond donors (Lipinski definition) is 0. The molecule has 1 aliphatic heterocycles. The Morgan fingerprint density at radius 1 is 1.36 bits per heavy atom. The minimum absolute atomic E-state index is 0.0401. The van der Waals surface area contributed by atoms with Gasteiger partial charge in [-0.05, 0) is 24.8 Å². The van der Waals surface area contributed by atoms with Crippen LogP contribution in [0.25, 0.3) is 11.5 Å². The van der Waals surface area contributed by atoms with Crippen molar-refractivity contribution in [3.63, 3.8) is 0 Å². The Labute approximate surface area is 158 Å². The quantitative estimate of drug-likeness (QED) is 0.490. The number of fused-ring (bicyclic) bond motifs is 1. The predicted octanol–water partition coefficient (Wildman–Crippen LogP) is 2.65. The topological polar surface area (TPSA) is 120 Å². The van der Waals surface area contributed by atoms with Crippen molar-refractivity contribution in [2.24, 2.45) is 5.92 Å². The fourth-order valence-corrected chi connectivity index (χ4v) is 3.59. The van der Waals surface area contributed by atoms with E-state index in [0.29, 0.717) is 36.9 Å². The van der Waals surface area contributed by atoms with Crippen LogP contribution < -0.4 is 0 Å². The van der Waals surface area contributed by atoms with E-state index in [9.17, 15) is 14.9 Å². The molecule has 1 amide bonds. The van der Waals surface area contributed by atoms with Crippen LogP contribution in [0.2, 0.25) is 0 Å². The van der Waals surface area contributed by atoms with E-state index >= 15 is 0 Å². The maximum absolute atomic E-state index is 12.8. The summed E-state index contributed by atoms with van der Waals surface area (Å²) in [5.74, 6) is 0.364. The Hall–Kier alpha value is -3.43. The summed E-state index contributed by atoms with van der Waals surface area (Å²) in [7, 11) is 0. The maximum atomic E-state index is 12.8. The van der Waals surface area contributed by atoms with Gasteiger partial charge in [0, 0.05) is 30.8 Å². The average molecular weight is 383 g/mol. The van der Waals surface area contributed by atoms with Crippen molar-refractivity contribution in [1.82, 2.24) is 19.7 Å². The lowest BCUT2D eigenvalue weighted by atomic mass is 10.0. The summed E-state index contributed by atoms with van der Waals surface area (Å²) in [6, 6.07) is 2.53. The second-order valence-electron chi connectivity index (χ2n) is 7.14. The van der Waals surface area contributed by atoms with E-state index in [1.165, 1.54) is 31.4 Å². The molecule has 10 heteroatoms. The Kier molecular flexibility index (Phi) is 3.78. The number of rotatable bonds is 5. The van der Waals surface area contributed by atoms with Gasteiger partial charge in [-0.25, -0.2) is 4.98 Å². The Balaban J connectivity index is 1.46. The molecule has 28 heavy (non-hydrogen) atoms. The van der Waals surface area contributed by atoms with Gasteiger partial charge in [-0.3, -0.25) is 19.6 Å². The van der Waals surface area contributed by atoms with Crippen molar-refractivity contribution < 1.29 is 18.6 Å². The number of nitrogens with zero attached hydrogens (tertiary/aromatic N) is 5. The van der Waals surface area contributed by atoms with Crippen molar-refractivity contribution in [3.8, 4) is 11.5 Å². The monoisotopic (exact) mass is 383 g/mol. The summed E-state index contributed by atoms with van der Waals surface area (Å²) < 4.78 is 12.6. The second kappa shape index (κ2) is 6.32. The lowest BCUT2D eigenvalue weighted by molar-refractivity contribution is -0.402. The van der Waals surface area contributed by atoms with Crippen molar-refractivity contribution in [2.75, 3.05) is 6.54 Å². The van der Waals surface area contributed by atoms with Crippen molar-refractivity contribution in [2.45, 2.75) is 32.4 Å². The predicted molar refractivity (Wildman–Crippen MR) is 94.3 cm³/mol. The lowest BCUT2D eigenvalue weighted by Crippen LogP contribution is -2.36. The number of nitro groups is 1. The Morgan fingerprint density at radius 2 is 2.21 bits per heavy atom. The van der Waals surface area contributed by atoms with Crippen molar-refractivity contribution in [3.05, 3.63) is 51.9 Å². The van der Waals surface area contributed by atoms with Gasteiger partial charge in [-0.2, -0.15) is 5.10 Å². The third-order valence-corrected chi connectivity index (χ3v) is 5.20. The normalized spacial score (nSPS) is 16.2. The Morgan fingerprint density at radius 3 is 2.89 bits per heavy atom. The van der Waals surface area contributed by atoms with E-state index in [-0.39, 0.29) is 11.7 Å². The number of carbonyl (C=O) groups is 1. The zero-order valence-electron chi connectivity index (χ0n) is 14.9. The first kappa shape index (κ1) is 16.7. The molecule has 1 aliphatic carbocycles. The first-order valence-corrected chi connectivity index (χ1v) is 9.11. The highest BCUT2D eigenvalue weighted by atomic mass is 16.6. The standard InChI is InChI=1S/C18H17N5O5/c24-18(14-3-4-16(28-14)23(25)26)21-6-5-13-12(9-21)17(15-7-19-10-27-15)20-22(13)8-11-1-2-11/h3-4,7,10-11H,1-2,5-6,8-9H2. The maximum Gasteiger partial charge on any atom is 0.433 e. The minimum Gasteiger partial charge on any atom is -0.442 e. The average Bonchev–Trinajstić information content (AvgIpc) is 3.11. The summed E-state index contributed by atoms with van der Waals surface area (Å²) in [5.41, 5.74) is 2.72. The molecule has 0 saturated heterocycles. The molecule has 0 radical (unpaired) electrons. The van der Waals surface area contributed by atoms with Gasteiger partial charge in [0.25, 0.3) is 5.91 Å². The number of amides is 1. The number of hydrogen-bond acceptors (Lipinski definition) is 7. The van der Waals surface area contributed by atoms with Crippen LogP contribution >= 0.6 is 0 Å². The van der Waals surface area contributed by atoms with Crippen molar-refractivity contribution >= 4 is 11.8 Å². The SMILES string of the molecule is O=C(c1ccc([N+](=O)[O-])o1)N1CCc2c(c(-c3cnco3)nn2CC2CC2)C1. The molecule has 0 spiro atoms. The second-order valence-corrected chi connectivity index (χ2v) is 7.14. The molecule has 144 valence electrons. The van der Waals surface area contributed by atoms with E-state index in [0.717, 1.165) is 17.8 Å². The van der Waals surface area contributed by atoms with Gasteiger partial charge >= 0.3 is 5.88 Å². The zero-order chi connectivity index (χ0) is 19.3. The van der Waals surface area contributed by atoms with Crippen LogP contribution in [0.4, 0.5) is 5.88 Å². The first-order valence-electron chi connectivity index (χ1n) is 9.11. The molecule has 0 unspecified atom stereocenters. The molecule has 5 rings (SSSR count). The Bertz CT molecular complexity index is 1050. The molecule has 3 aromatic rings. The van der Waals surface area contributed by atoms with Gasteiger partial charge in [0.2, 0.25) is 0 Å². The van der Waals surface area contributed by atoms with Crippen molar-refractivity contribution in [1.29, 1.82) is 0 Å². The van der Waals surface area contributed by atoms with E-state index in [4.69, 9.17) is 13.9 Å². The zero-order valence-corrected chi connectivity index (χ0v) is 14.9. The van der Waals surface area contributed by atoms with Crippen LogP contribution in [0.5, 0.6) is 0 Å². The van der Waals surface area contributed by atoms with Crippen LogP contribution in [0.1, 0.15) is 34.7 Å². The molecule has 0 N–H and O–H groups in total. The largest absolute Gasteiger partial charge is 0.442 e. The van der Waals surface area contributed by atoms with Gasteiger partial charge in [-0.15, -0.1) is 0 Å². The highest BCUT2D eigenvalue weighted by Gasteiger charge is 2.33. The molecule has 4 heterocycles. The fraction of sp³-hybridized carbons (Fsp3) is 0.389. The summed E-state index contributed by atoms with van der Waals surface area (Å²) >= 11 is 0. The lowest BCUT2D eigenvalue weighted by Gasteiger charge is -2.27. The summed E-state index contributed by atoms with van der Waals surface area (Å²) in [6.07, 6.45) is 6.05. The molecule has 0 aromatic carbocycles. The molecule has 3 aromatic heterocycles. The van der Waals surface area contributed by atoms with E-state index in [2.05, 4.69) is 4.98 Å². The minimum atomic E-state index is -0.658. The number of aromatic nitrogens is 3. The van der Waals surface area contributed by atoms with Crippen LogP contribution in [-0.4, -0.2) is 37.0 Å². The molecular weight excluding hydrogens is 366 g/mol. The molecular formula is C18H17N5O5. The smallest absolute Gasteiger partial charge is 0.433 e. The number of furan rings is 1. The summed E-state index contributed by atoms with van der Waals surface area (Å²) in [6.45, 7) is 1.70. The molecule has 0 bridgehead atoms. The van der Waals surface area contributed by atoms with Gasteiger partial charge in [0.15, 0.2) is 17.9 Å². The number of carbonyl (C=O) groups excluding carboxylic acids is 1. The van der Waals surface area contributed by atoms with Crippen LogP contribution in [-0.2, 0) is 19.5 Å². The van der Waals surface area contributed by atoms with Gasteiger partial charge < -0.3 is 13.7 Å². The third-order valence-electron chi connectivity index (χ3n) is 5.20. The van der Waals surface area contributed by atoms with E-state index < -0.39 is 10.8 Å². The molecule has 10 nitrogen and oxygen atoms in total. The van der Waals surface area contributed by atoms with E-state index in [1.54, 1.807) is 11.1 Å². The van der Waals surface area contributed by atoms with Gasteiger partial charge in [0.05, 0.1) is 18.8 Å². The first-order chi connectivity index (χ1) is 13.6. The van der Waals surface area contributed by atoms with Gasteiger partial charge in [0.1, 0.15) is 10.6 Å². The van der Waals surface area contributed by atoms with Crippen LogP contribution in [0.3, 0.4) is 0 Å². The number of oxazole rings is 1. The molecule has 1 fully saturated rings. The molecule has 1 saturated carbocycles. The van der Waals surface area contributed by atoms with Gasteiger partial charge in [-0.1, -0.05) is 0 Å². The molecule has 2 aliphatic rings. The molecule has 0 atom stereocenters. The highest BCUT2D eigenvalue weighted by molar-refractivity contribution is 5.92. The summed E-state index contributed by atoms with van der Waals surface area (Å²) in [5, 5.41) is 15.5. The third kappa shape index (κ3) is 2.86. The van der Waals surface area contributed by atoms with Crippen LogP contribution in [0, 0.1) is 16.0 Å². The highest BCUT2D eigenvalue weighted by Crippen LogP contribution is 2.35. The van der Waals surface area contributed by atoms with Crippen LogP contribution in [0.15, 0.2) is 33.6 Å². The summed E-state index contributed by atoms with van der Waals surface area (Å²) in [4.78, 5) is 28.5. The fourth-order valence-electron chi connectivity index (χ4n) is 3.59. The van der Waals surface area contributed by atoms with E-state index in [1.807, 2.05) is 4.68 Å².